The van der Waals surface area contributed by atoms with Crippen LogP contribution in [0.5, 0.6) is 11.5 Å². The second-order valence-electron chi connectivity index (χ2n) is 9.19. The van der Waals surface area contributed by atoms with Crippen molar-refractivity contribution in [2.24, 2.45) is 0 Å². The Morgan fingerprint density at radius 2 is 2.03 bits per heavy atom. The van der Waals surface area contributed by atoms with Crippen molar-refractivity contribution < 1.29 is 23.9 Å². The van der Waals surface area contributed by atoms with Crippen molar-refractivity contribution in [2.75, 3.05) is 33.8 Å². The molecule has 2 heterocycles. The Labute approximate surface area is 189 Å². The van der Waals surface area contributed by atoms with Crippen LogP contribution < -0.4 is 14.8 Å². The van der Waals surface area contributed by atoms with Gasteiger partial charge in [-0.15, -0.1) is 0 Å². The summed E-state index contributed by atoms with van der Waals surface area (Å²) in [6.45, 7) is 0.830. The van der Waals surface area contributed by atoms with Gasteiger partial charge in [0.25, 0.3) is 5.91 Å². The maximum atomic E-state index is 12.9. The van der Waals surface area contributed by atoms with Crippen molar-refractivity contribution in [2.45, 2.75) is 63.0 Å². The fraction of sp³-hybridized carbons (Fsp3) is 0.625. The van der Waals surface area contributed by atoms with Gasteiger partial charge in [-0.3, -0.25) is 14.4 Å². The number of carbonyl (C=O) groups is 3. The maximum absolute atomic E-state index is 12.9. The molecule has 1 unspecified atom stereocenters. The topological polar surface area (TPSA) is 88.2 Å². The highest BCUT2D eigenvalue weighted by molar-refractivity contribution is 5.97. The lowest BCUT2D eigenvalue weighted by Gasteiger charge is -2.33. The van der Waals surface area contributed by atoms with Gasteiger partial charge in [-0.25, -0.2) is 0 Å². The van der Waals surface area contributed by atoms with E-state index in [-0.39, 0.29) is 36.7 Å². The van der Waals surface area contributed by atoms with Crippen LogP contribution in [0, 0.1) is 0 Å². The fourth-order valence-electron chi connectivity index (χ4n) is 4.98. The number of fused-ring (bicyclic) bond motifs is 1. The third-order valence-electron chi connectivity index (χ3n) is 7.16. The highest BCUT2D eigenvalue weighted by Gasteiger charge is 2.41. The molecule has 174 valence electrons. The zero-order valence-electron chi connectivity index (χ0n) is 19.0. The number of nitrogens with zero attached hydrogens (tertiary/aromatic N) is 2. The molecule has 1 aromatic carbocycles. The van der Waals surface area contributed by atoms with Gasteiger partial charge >= 0.3 is 0 Å². The summed E-state index contributed by atoms with van der Waals surface area (Å²) in [7, 11) is 3.42. The standard InChI is InChI=1S/C24H33N3O5/c1-26(17-6-4-3-5-7-17)22(29)15-27-13-12-24(11-10-21(27)28)16-25-23(30)19-9-8-18(31-2)14-20(19)32-24/h8-9,14,17H,3-7,10-13,15-16H2,1-2H3,(H,25,30). The van der Waals surface area contributed by atoms with Gasteiger partial charge in [0, 0.05) is 38.5 Å². The van der Waals surface area contributed by atoms with E-state index in [1.165, 1.54) is 6.42 Å². The quantitative estimate of drug-likeness (QED) is 0.772. The SMILES string of the molecule is COc1ccc2c(c1)OC1(CCC(=O)N(CC(=O)N(C)C3CCCCC3)CC1)CNC2=O. The van der Waals surface area contributed by atoms with Crippen molar-refractivity contribution in [3.05, 3.63) is 23.8 Å². The summed E-state index contributed by atoms with van der Waals surface area (Å²) in [6.07, 6.45) is 6.91. The fourth-order valence-corrected chi connectivity index (χ4v) is 4.98. The Bertz CT molecular complexity index is 882. The smallest absolute Gasteiger partial charge is 0.255 e. The van der Waals surface area contributed by atoms with E-state index in [1.54, 1.807) is 30.2 Å². The van der Waals surface area contributed by atoms with Crippen LogP contribution in [0.3, 0.4) is 0 Å². The molecule has 8 heteroatoms. The zero-order valence-corrected chi connectivity index (χ0v) is 19.0. The molecule has 0 bridgehead atoms. The summed E-state index contributed by atoms with van der Waals surface area (Å²) >= 11 is 0. The number of likely N-dealkylation sites (tertiary alicyclic amines) is 1. The number of hydrogen-bond acceptors (Lipinski definition) is 5. The van der Waals surface area contributed by atoms with Crippen molar-refractivity contribution >= 4 is 17.7 Å². The minimum atomic E-state index is -0.698. The minimum Gasteiger partial charge on any atom is -0.497 e. The molecule has 2 aliphatic heterocycles. The molecule has 0 radical (unpaired) electrons. The van der Waals surface area contributed by atoms with E-state index >= 15 is 0 Å². The van der Waals surface area contributed by atoms with E-state index in [1.807, 2.05) is 11.9 Å². The minimum absolute atomic E-state index is 0.00799. The van der Waals surface area contributed by atoms with Crippen LogP contribution in [0.15, 0.2) is 18.2 Å². The van der Waals surface area contributed by atoms with Crippen LogP contribution >= 0.6 is 0 Å². The Kier molecular flexibility index (Phi) is 6.58. The van der Waals surface area contributed by atoms with Crippen LogP contribution in [-0.2, 0) is 9.59 Å². The Balaban J connectivity index is 1.45. The molecule has 1 spiro atoms. The molecule has 1 saturated heterocycles. The number of rotatable bonds is 4. The maximum Gasteiger partial charge on any atom is 0.255 e. The van der Waals surface area contributed by atoms with E-state index in [0.29, 0.717) is 43.0 Å². The van der Waals surface area contributed by atoms with Gasteiger partial charge < -0.3 is 24.6 Å². The normalized spacial score (nSPS) is 24.1. The molecule has 1 atom stereocenters. The van der Waals surface area contributed by atoms with Crippen molar-refractivity contribution in [3.63, 3.8) is 0 Å². The zero-order chi connectivity index (χ0) is 22.7. The molecule has 3 amide bonds. The number of amides is 3. The Morgan fingerprint density at radius 3 is 2.78 bits per heavy atom. The molecule has 1 N–H and O–H groups in total. The Morgan fingerprint density at radius 1 is 1.25 bits per heavy atom. The number of hydrogen-bond donors (Lipinski definition) is 1. The van der Waals surface area contributed by atoms with Gasteiger partial charge in [0.1, 0.15) is 17.1 Å². The van der Waals surface area contributed by atoms with Gasteiger partial charge in [0.15, 0.2) is 0 Å². The first-order chi connectivity index (χ1) is 15.4. The number of benzene rings is 1. The summed E-state index contributed by atoms with van der Waals surface area (Å²) in [5.74, 6) is 0.824. The number of methoxy groups -OCH3 is 1. The lowest BCUT2D eigenvalue weighted by molar-refractivity contribution is -0.141. The van der Waals surface area contributed by atoms with Crippen molar-refractivity contribution in [3.8, 4) is 11.5 Å². The molecule has 1 saturated carbocycles. The monoisotopic (exact) mass is 443 g/mol. The summed E-state index contributed by atoms with van der Waals surface area (Å²) in [5, 5.41) is 2.95. The van der Waals surface area contributed by atoms with E-state index in [2.05, 4.69) is 5.32 Å². The lowest BCUT2D eigenvalue weighted by Crippen LogP contribution is -2.47. The van der Waals surface area contributed by atoms with Gasteiger partial charge in [0.05, 0.1) is 25.8 Å². The summed E-state index contributed by atoms with van der Waals surface area (Å²) < 4.78 is 11.7. The largest absolute Gasteiger partial charge is 0.497 e. The molecule has 8 nitrogen and oxygen atoms in total. The summed E-state index contributed by atoms with van der Waals surface area (Å²) in [5.41, 5.74) is -0.241. The molecule has 2 fully saturated rings. The van der Waals surface area contributed by atoms with E-state index < -0.39 is 5.60 Å². The van der Waals surface area contributed by atoms with Crippen molar-refractivity contribution in [1.29, 1.82) is 0 Å². The van der Waals surface area contributed by atoms with Crippen LogP contribution in [-0.4, -0.2) is 73.0 Å². The van der Waals surface area contributed by atoms with Crippen molar-refractivity contribution in [1.82, 2.24) is 15.1 Å². The average molecular weight is 444 g/mol. The van der Waals surface area contributed by atoms with E-state index in [0.717, 1.165) is 25.7 Å². The lowest BCUT2D eigenvalue weighted by atomic mass is 9.94. The van der Waals surface area contributed by atoms with Gasteiger partial charge in [-0.05, 0) is 31.4 Å². The number of nitrogens with one attached hydrogen (secondary N) is 1. The molecule has 3 aliphatic rings. The summed E-state index contributed by atoms with van der Waals surface area (Å²) in [6, 6.07) is 5.41. The molecule has 1 aromatic rings. The van der Waals surface area contributed by atoms with Gasteiger partial charge in [0.2, 0.25) is 11.8 Å². The third kappa shape index (κ3) is 4.69. The van der Waals surface area contributed by atoms with Crippen LogP contribution in [0.1, 0.15) is 61.7 Å². The molecule has 32 heavy (non-hydrogen) atoms. The number of ether oxygens (including phenoxy) is 2. The third-order valence-corrected chi connectivity index (χ3v) is 7.16. The number of likely N-dealkylation sites (N-methyl/N-ethyl adjacent to an activating group) is 1. The average Bonchev–Trinajstić information content (AvgIpc) is 3.06. The molecular weight excluding hydrogens is 410 g/mol. The van der Waals surface area contributed by atoms with E-state index in [9.17, 15) is 14.4 Å². The highest BCUT2D eigenvalue weighted by Crippen LogP contribution is 2.35. The predicted molar refractivity (Wildman–Crippen MR) is 119 cm³/mol. The number of carbonyl (C=O) groups excluding carboxylic acids is 3. The van der Waals surface area contributed by atoms with Crippen LogP contribution in [0.2, 0.25) is 0 Å². The molecular formula is C24H33N3O5. The molecule has 0 aromatic heterocycles. The Hall–Kier alpha value is -2.77. The van der Waals surface area contributed by atoms with Gasteiger partial charge in [-0.2, -0.15) is 0 Å². The van der Waals surface area contributed by atoms with E-state index in [4.69, 9.17) is 9.47 Å². The second-order valence-corrected chi connectivity index (χ2v) is 9.19. The first-order valence-corrected chi connectivity index (χ1v) is 11.6. The molecule has 1 aliphatic carbocycles. The first kappa shape index (κ1) is 22.4. The van der Waals surface area contributed by atoms with Gasteiger partial charge in [-0.1, -0.05) is 19.3 Å². The summed E-state index contributed by atoms with van der Waals surface area (Å²) in [4.78, 5) is 41.8. The second kappa shape index (κ2) is 9.38. The predicted octanol–water partition coefficient (Wildman–Crippen LogP) is 2.36. The molecule has 4 rings (SSSR count). The van der Waals surface area contributed by atoms with Crippen LogP contribution in [0.4, 0.5) is 0 Å². The van der Waals surface area contributed by atoms with Crippen LogP contribution in [0.25, 0.3) is 0 Å². The first-order valence-electron chi connectivity index (χ1n) is 11.6. The highest BCUT2D eigenvalue weighted by atomic mass is 16.5.